The van der Waals surface area contributed by atoms with Gasteiger partial charge in [-0.15, -0.1) is 0 Å². The molecule has 116 valence electrons. The lowest BCUT2D eigenvalue weighted by atomic mass is 10.0. The molecule has 2 amide bonds. The highest BCUT2D eigenvalue weighted by molar-refractivity contribution is 5.87. The van der Waals surface area contributed by atoms with E-state index < -0.39 is 11.9 Å². The zero-order valence-corrected chi connectivity index (χ0v) is 12.5. The molecule has 3 N–H and O–H groups in total. The number of carbonyl (C=O) groups is 2. The molecule has 1 heterocycles. The first-order valence-electron chi connectivity index (χ1n) is 7.82. The van der Waals surface area contributed by atoms with Gasteiger partial charge in [-0.05, 0) is 12.8 Å². The summed E-state index contributed by atoms with van der Waals surface area (Å²) in [5, 5.41) is 2.77. The first-order chi connectivity index (χ1) is 9.65. The summed E-state index contributed by atoms with van der Waals surface area (Å²) in [7, 11) is 0. The van der Waals surface area contributed by atoms with Crippen LogP contribution in [0.25, 0.3) is 0 Å². The van der Waals surface area contributed by atoms with Crippen molar-refractivity contribution in [2.45, 2.75) is 64.3 Å². The van der Waals surface area contributed by atoms with Crippen LogP contribution in [0.4, 0.5) is 0 Å². The summed E-state index contributed by atoms with van der Waals surface area (Å²) in [6.07, 6.45) is 8.30. The lowest BCUT2D eigenvalue weighted by molar-refractivity contribution is -0.130. The Labute approximate surface area is 121 Å². The molecule has 0 aromatic carbocycles. The van der Waals surface area contributed by atoms with E-state index in [9.17, 15) is 9.59 Å². The Bertz CT molecular complexity index is 301. The van der Waals surface area contributed by atoms with Crippen LogP contribution < -0.4 is 11.1 Å². The Kier molecular flexibility index (Phi) is 8.26. The van der Waals surface area contributed by atoms with Crippen LogP contribution in [0.15, 0.2) is 0 Å². The third-order valence-electron chi connectivity index (χ3n) is 3.81. The first-order valence-corrected chi connectivity index (χ1v) is 7.82. The van der Waals surface area contributed by atoms with E-state index in [1.807, 2.05) is 0 Å². The van der Waals surface area contributed by atoms with Crippen LogP contribution in [0.5, 0.6) is 0 Å². The Hall–Kier alpha value is -1.10. The highest BCUT2D eigenvalue weighted by atomic mass is 16.5. The molecule has 0 aliphatic carbocycles. The van der Waals surface area contributed by atoms with E-state index >= 15 is 0 Å². The normalized spacial score (nSPS) is 19.8. The van der Waals surface area contributed by atoms with Gasteiger partial charge in [-0.1, -0.05) is 45.4 Å². The van der Waals surface area contributed by atoms with Crippen molar-refractivity contribution in [3.63, 3.8) is 0 Å². The molecule has 1 aliphatic heterocycles. The molecule has 1 rings (SSSR count). The average Bonchev–Trinajstić information content (AvgIpc) is 2.95. The van der Waals surface area contributed by atoms with Crippen LogP contribution in [-0.4, -0.2) is 31.1 Å². The van der Waals surface area contributed by atoms with E-state index in [2.05, 4.69) is 12.2 Å². The second-order valence-corrected chi connectivity index (χ2v) is 5.58. The molecule has 0 spiro atoms. The van der Waals surface area contributed by atoms with Crippen LogP contribution in [0.2, 0.25) is 0 Å². The number of nitrogens with one attached hydrogen (secondary N) is 1. The third-order valence-corrected chi connectivity index (χ3v) is 3.81. The first kappa shape index (κ1) is 17.0. The number of nitrogens with two attached hydrogens (primary N) is 1. The van der Waals surface area contributed by atoms with Crippen LogP contribution in [-0.2, 0) is 14.3 Å². The Morgan fingerprint density at radius 2 is 1.95 bits per heavy atom. The van der Waals surface area contributed by atoms with Gasteiger partial charge >= 0.3 is 0 Å². The number of primary amides is 1. The molecule has 5 nitrogen and oxygen atoms in total. The summed E-state index contributed by atoms with van der Waals surface area (Å²) in [6.45, 7) is 3.26. The van der Waals surface area contributed by atoms with Gasteiger partial charge in [0.25, 0.3) is 0 Å². The number of ether oxygens (including phenoxy) is 1. The molecule has 5 heteroatoms. The summed E-state index contributed by atoms with van der Waals surface area (Å²) in [4.78, 5) is 23.3. The fourth-order valence-electron chi connectivity index (χ4n) is 2.45. The minimum Gasteiger partial charge on any atom is -0.381 e. The van der Waals surface area contributed by atoms with E-state index in [1.165, 1.54) is 25.7 Å². The molecule has 0 bridgehead atoms. The van der Waals surface area contributed by atoms with Crippen molar-refractivity contribution in [3.05, 3.63) is 0 Å². The van der Waals surface area contributed by atoms with Gasteiger partial charge in [0.05, 0.1) is 12.5 Å². The fraction of sp³-hybridized carbons (Fsp3) is 0.867. The van der Waals surface area contributed by atoms with Crippen molar-refractivity contribution in [3.8, 4) is 0 Å². The largest absolute Gasteiger partial charge is 0.381 e. The van der Waals surface area contributed by atoms with Gasteiger partial charge in [0.2, 0.25) is 11.8 Å². The summed E-state index contributed by atoms with van der Waals surface area (Å²) < 4.78 is 5.18. The van der Waals surface area contributed by atoms with E-state index in [0.717, 1.165) is 19.3 Å². The molecule has 0 aromatic rings. The monoisotopic (exact) mass is 284 g/mol. The maximum atomic E-state index is 11.9. The zero-order chi connectivity index (χ0) is 14.8. The molecule has 0 saturated carbocycles. The van der Waals surface area contributed by atoms with Gasteiger partial charge in [0.15, 0.2) is 0 Å². The maximum absolute atomic E-state index is 11.9. The van der Waals surface area contributed by atoms with Crippen molar-refractivity contribution in [2.75, 3.05) is 13.2 Å². The molecule has 0 radical (unpaired) electrons. The third kappa shape index (κ3) is 6.37. The molecular formula is C15H28N2O3. The van der Waals surface area contributed by atoms with Crippen LogP contribution in [0, 0.1) is 5.92 Å². The smallest absolute Gasteiger partial charge is 0.239 e. The van der Waals surface area contributed by atoms with Crippen LogP contribution >= 0.6 is 0 Å². The highest BCUT2D eigenvalue weighted by Gasteiger charge is 2.26. The summed E-state index contributed by atoms with van der Waals surface area (Å²) >= 11 is 0. The van der Waals surface area contributed by atoms with E-state index in [-0.39, 0.29) is 11.8 Å². The molecule has 1 fully saturated rings. The van der Waals surface area contributed by atoms with E-state index in [0.29, 0.717) is 19.6 Å². The van der Waals surface area contributed by atoms with Crippen LogP contribution in [0.1, 0.15) is 58.3 Å². The van der Waals surface area contributed by atoms with Crippen molar-refractivity contribution < 1.29 is 14.3 Å². The summed E-state index contributed by atoms with van der Waals surface area (Å²) in [6, 6.07) is -0.533. The van der Waals surface area contributed by atoms with E-state index in [1.54, 1.807) is 0 Å². The number of hydrogen-bond acceptors (Lipinski definition) is 3. The lowest BCUT2D eigenvalue weighted by Gasteiger charge is -2.17. The molecule has 0 aromatic heterocycles. The van der Waals surface area contributed by atoms with Gasteiger partial charge in [-0.3, -0.25) is 9.59 Å². The molecule has 1 aliphatic rings. The Morgan fingerprint density at radius 3 is 2.55 bits per heavy atom. The number of amides is 2. The predicted molar refractivity (Wildman–Crippen MR) is 78.0 cm³/mol. The summed E-state index contributed by atoms with van der Waals surface area (Å²) in [5.41, 5.74) is 5.36. The number of carbonyl (C=O) groups excluding carboxylic acids is 2. The van der Waals surface area contributed by atoms with Gasteiger partial charge in [-0.2, -0.15) is 0 Å². The molecule has 20 heavy (non-hydrogen) atoms. The average molecular weight is 284 g/mol. The molecular weight excluding hydrogens is 256 g/mol. The highest BCUT2D eigenvalue weighted by Crippen LogP contribution is 2.13. The Morgan fingerprint density at radius 1 is 1.25 bits per heavy atom. The number of hydrogen-bond donors (Lipinski definition) is 2. The van der Waals surface area contributed by atoms with Crippen LogP contribution in [0.3, 0.4) is 0 Å². The number of rotatable bonds is 10. The molecule has 1 saturated heterocycles. The lowest BCUT2D eigenvalue weighted by Crippen LogP contribution is -2.46. The van der Waals surface area contributed by atoms with Gasteiger partial charge in [0, 0.05) is 6.61 Å². The second kappa shape index (κ2) is 9.75. The summed E-state index contributed by atoms with van der Waals surface area (Å²) in [5.74, 6) is -0.662. The maximum Gasteiger partial charge on any atom is 0.239 e. The number of unbranched alkanes of at least 4 members (excludes halogenated alkanes) is 5. The standard InChI is InChI=1S/C15H28N2O3/c1-2-3-4-5-6-7-8-13(14(16)18)17-15(19)12-9-10-20-11-12/h12-13H,2-11H2,1H3,(H2,16,18)(H,17,19)/t12-,13-/m1/s1. The predicted octanol–water partition coefficient (Wildman–Crippen LogP) is 1.74. The zero-order valence-electron chi connectivity index (χ0n) is 12.5. The molecule has 2 atom stereocenters. The minimum absolute atomic E-state index is 0.0997. The van der Waals surface area contributed by atoms with Crippen molar-refractivity contribution in [1.82, 2.24) is 5.32 Å². The van der Waals surface area contributed by atoms with Gasteiger partial charge in [-0.25, -0.2) is 0 Å². The topological polar surface area (TPSA) is 81.4 Å². The van der Waals surface area contributed by atoms with Crippen molar-refractivity contribution in [1.29, 1.82) is 0 Å². The quantitative estimate of drug-likeness (QED) is 0.600. The molecule has 0 unspecified atom stereocenters. The van der Waals surface area contributed by atoms with Crippen molar-refractivity contribution in [2.24, 2.45) is 11.7 Å². The Balaban J connectivity index is 2.22. The minimum atomic E-state index is -0.533. The SMILES string of the molecule is CCCCCCCC[C@@H](NC(=O)[C@@H]1CCOC1)C(N)=O. The van der Waals surface area contributed by atoms with Crippen molar-refractivity contribution >= 4 is 11.8 Å². The van der Waals surface area contributed by atoms with Gasteiger partial charge in [0.1, 0.15) is 6.04 Å². The van der Waals surface area contributed by atoms with E-state index in [4.69, 9.17) is 10.5 Å². The second-order valence-electron chi connectivity index (χ2n) is 5.58. The van der Waals surface area contributed by atoms with Gasteiger partial charge < -0.3 is 15.8 Å². The fourth-order valence-corrected chi connectivity index (χ4v) is 2.45.